The number of anilines is 1. The van der Waals surface area contributed by atoms with Crippen LogP contribution in [0.1, 0.15) is 47.5 Å². The predicted octanol–water partition coefficient (Wildman–Crippen LogP) is 3.11. The molecule has 0 unspecified atom stereocenters. The topological polar surface area (TPSA) is 51.0 Å². The van der Waals surface area contributed by atoms with Gasteiger partial charge in [-0.3, -0.25) is 4.79 Å². The monoisotopic (exact) mass is 358 g/mol. The second-order valence-corrected chi connectivity index (χ2v) is 8.59. The van der Waals surface area contributed by atoms with E-state index < -0.39 is 0 Å². The third-order valence-electron chi connectivity index (χ3n) is 5.61. The summed E-state index contributed by atoms with van der Waals surface area (Å²) < 4.78 is 1.72. The Morgan fingerprint density at radius 2 is 1.96 bits per heavy atom. The van der Waals surface area contributed by atoms with E-state index in [-0.39, 0.29) is 5.56 Å². The minimum absolute atomic E-state index is 0.0780. The first-order chi connectivity index (χ1) is 12.1. The normalized spacial score (nSPS) is 18.4. The highest BCUT2D eigenvalue weighted by Gasteiger charge is 2.23. The second-order valence-electron chi connectivity index (χ2n) is 7.41. The molecule has 2 aromatic heterocycles. The smallest absolute Gasteiger partial charge is 0.267 e. The van der Waals surface area contributed by atoms with Crippen LogP contribution in [0, 0.1) is 19.8 Å². The number of nitrogens with zero attached hydrogens (tertiary/aromatic N) is 4. The molecule has 0 aromatic carbocycles. The van der Waals surface area contributed by atoms with Crippen LogP contribution in [0.2, 0.25) is 0 Å². The maximum atomic E-state index is 12.4. The molecular formula is C19H26N4OS. The Morgan fingerprint density at radius 3 is 2.68 bits per heavy atom. The van der Waals surface area contributed by atoms with Crippen molar-refractivity contribution < 1.29 is 0 Å². The van der Waals surface area contributed by atoms with Crippen LogP contribution in [0.3, 0.4) is 0 Å². The summed E-state index contributed by atoms with van der Waals surface area (Å²) in [7, 11) is 0. The van der Waals surface area contributed by atoms with E-state index in [0.717, 1.165) is 61.8 Å². The molecule has 1 saturated heterocycles. The van der Waals surface area contributed by atoms with Gasteiger partial charge >= 0.3 is 0 Å². The molecule has 2 aliphatic rings. The highest BCUT2D eigenvalue weighted by Crippen LogP contribution is 2.29. The van der Waals surface area contributed by atoms with Crippen LogP contribution in [0.4, 0.5) is 5.13 Å². The maximum Gasteiger partial charge on any atom is 0.267 e. The van der Waals surface area contributed by atoms with Crippen LogP contribution >= 0.6 is 11.3 Å². The average molecular weight is 359 g/mol. The van der Waals surface area contributed by atoms with Gasteiger partial charge in [0.05, 0.1) is 11.4 Å². The van der Waals surface area contributed by atoms with Crippen molar-refractivity contribution in [2.75, 3.05) is 18.0 Å². The number of thiazole rings is 1. The predicted molar refractivity (Wildman–Crippen MR) is 102 cm³/mol. The number of hydrogen-bond acceptors (Lipinski definition) is 5. The Morgan fingerprint density at radius 1 is 1.20 bits per heavy atom. The summed E-state index contributed by atoms with van der Waals surface area (Å²) in [5.74, 6) is 0.533. The molecule has 0 amide bonds. The van der Waals surface area contributed by atoms with Gasteiger partial charge in [0.1, 0.15) is 0 Å². The molecule has 0 atom stereocenters. The first-order valence-corrected chi connectivity index (χ1v) is 10.2. The maximum absolute atomic E-state index is 12.4. The average Bonchev–Trinajstić information content (AvgIpc) is 2.95. The Kier molecular flexibility index (Phi) is 4.63. The summed E-state index contributed by atoms with van der Waals surface area (Å²) >= 11 is 1.79. The number of fused-ring (bicyclic) bond motifs is 1. The van der Waals surface area contributed by atoms with Crippen molar-refractivity contribution in [2.45, 2.75) is 58.9 Å². The van der Waals surface area contributed by atoms with Crippen molar-refractivity contribution in [2.24, 2.45) is 5.92 Å². The molecule has 134 valence electrons. The van der Waals surface area contributed by atoms with Crippen LogP contribution < -0.4 is 10.5 Å². The van der Waals surface area contributed by atoms with Crippen molar-refractivity contribution in [3.63, 3.8) is 0 Å². The van der Waals surface area contributed by atoms with E-state index in [9.17, 15) is 4.79 Å². The standard InChI is InChI=1S/C19H26N4OS/c1-13-14(2)25-19(20-13)22-9-7-15(8-10-22)12-23-18(24)11-16-5-3-4-6-17(16)21-23/h11,15H,3-10,12H2,1-2H3. The minimum atomic E-state index is 0.0780. The van der Waals surface area contributed by atoms with E-state index in [2.05, 4.69) is 28.8 Å². The Bertz CT molecular complexity index is 798. The molecule has 0 saturated carbocycles. The van der Waals surface area contributed by atoms with Gasteiger partial charge in [0.2, 0.25) is 0 Å². The number of hydrogen-bond donors (Lipinski definition) is 0. The Labute approximate surface area is 152 Å². The minimum Gasteiger partial charge on any atom is -0.348 e. The van der Waals surface area contributed by atoms with E-state index in [1.807, 2.05) is 6.07 Å². The summed E-state index contributed by atoms with van der Waals surface area (Å²) in [6.45, 7) is 7.02. The van der Waals surface area contributed by atoms with Gasteiger partial charge < -0.3 is 4.90 Å². The van der Waals surface area contributed by atoms with Gasteiger partial charge in [-0.1, -0.05) is 0 Å². The molecule has 1 aliphatic heterocycles. The quantitative estimate of drug-likeness (QED) is 0.846. The molecule has 0 N–H and O–H groups in total. The van der Waals surface area contributed by atoms with Crippen LogP contribution in [-0.4, -0.2) is 27.9 Å². The first kappa shape index (κ1) is 16.8. The fraction of sp³-hybridized carbons (Fsp3) is 0.632. The summed E-state index contributed by atoms with van der Waals surface area (Å²) in [5.41, 5.74) is 3.55. The van der Waals surface area contributed by atoms with E-state index in [1.54, 1.807) is 16.0 Å². The number of aryl methyl sites for hydroxylation is 4. The van der Waals surface area contributed by atoms with Gasteiger partial charge in [0.15, 0.2) is 5.13 Å². The molecule has 2 aromatic rings. The van der Waals surface area contributed by atoms with E-state index in [1.165, 1.54) is 23.3 Å². The molecule has 0 spiro atoms. The molecular weight excluding hydrogens is 332 g/mol. The van der Waals surface area contributed by atoms with Gasteiger partial charge in [0, 0.05) is 30.6 Å². The van der Waals surface area contributed by atoms with Crippen LogP contribution in [0.25, 0.3) is 0 Å². The third kappa shape index (κ3) is 3.50. The van der Waals surface area contributed by atoms with Crippen molar-refractivity contribution >= 4 is 16.5 Å². The van der Waals surface area contributed by atoms with E-state index in [4.69, 9.17) is 0 Å². The molecule has 1 aliphatic carbocycles. The molecule has 6 heteroatoms. The van der Waals surface area contributed by atoms with Gasteiger partial charge in [-0.05, 0) is 63.9 Å². The lowest BCUT2D eigenvalue weighted by Crippen LogP contribution is -2.37. The number of piperidine rings is 1. The summed E-state index contributed by atoms with van der Waals surface area (Å²) in [6, 6.07) is 1.83. The lowest BCUT2D eigenvalue weighted by atomic mass is 9.96. The molecule has 25 heavy (non-hydrogen) atoms. The Balaban J connectivity index is 1.41. The van der Waals surface area contributed by atoms with Crippen LogP contribution in [0.5, 0.6) is 0 Å². The van der Waals surface area contributed by atoms with E-state index >= 15 is 0 Å². The summed E-state index contributed by atoms with van der Waals surface area (Å²) in [4.78, 5) is 20.8. The second kappa shape index (κ2) is 6.90. The number of aromatic nitrogens is 3. The van der Waals surface area contributed by atoms with Crippen LogP contribution in [-0.2, 0) is 19.4 Å². The molecule has 1 fully saturated rings. The van der Waals surface area contributed by atoms with Gasteiger partial charge in [-0.2, -0.15) is 5.10 Å². The first-order valence-electron chi connectivity index (χ1n) is 9.39. The highest BCUT2D eigenvalue weighted by molar-refractivity contribution is 7.15. The van der Waals surface area contributed by atoms with Crippen molar-refractivity contribution in [1.82, 2.24) is 14.8 Å². The zero-order valence-electron chi connectivity index (χ0n) is 15.1. The molecule has 3 heterocycles. The SMILES string of the molecule is Cc1nc(N2CCC(Cn3nc4c(cc3=O)CCCC4)CC2)sc1C. The van der Waals surface area contributed by atoms with Crippen LogP contribution in [0.15, 0.2) is 10.9 Å². The van der Waals surface area contributed by atoms with Gasteiger partial charge in [-0.15, -0.1) is 11.3 Å². The third-order valence-corrected chi connectivity index (χ3v) is 6.74. The fourth-order valence-electron chi connectivity index (χ4n) is 3.87. The number of rotatable bonds is 3. The zero-order valence-corrected chi connectivity index (χ0v) is 15.9. The lowest BCUT2D eigenvalue weighted by molar-refractivity contribution is 0.332. The van der Waals surface area contributed by atoms with Crippen molar-refractivity contribution in [3.8, 4) is 0 Å². The van der Waals surface area contributed by atoms with Crippen molar-refractivity contribution in [3.05, 3.63) is 38.2 Å². The Hall–Kier alpha value is -1.69. The molecule has 0 bridgehead atoms. The van der Waals surface area contributed by atoms with Crippen molar-refractivity contribution in [1.29, 1.82) is 0 Å². The highest BCUT2D eigenvalue weighted by atomic mass is 32.1. The summed E-state index contributed by atoms with van der Waals surface area (Å²) in [6.07, 6.45) is 6.63. The molecule has 4 rings (SSSR count). The molecule has 0 radical (unpaired) electrons. The van der Waals surface area contributed by atoms with Gasteiger partial charge in [0.25, 0.3) is 5.56 Å². The van der Waals surface area contributed by atoms with E-state index in [0.29, 0.717) is 5.92 Å². The van der Waals surface area contributed by atoms with Gasteiger partial charge in [-0.25, -0.2) is 9.67 Å². The molecule has 5 nitrogen and oxygen atoms in total. The lowest BCUT2D eigenvalue weighted by Gasteiger charge is -2.32. The zero-order chi connectivity index (χ0) is 17.4. The fourth-order valence-corrected chi connectivity index (χ4v) is 4.84. The largest absolute Gasteiger partial charge is 0.348 e. The summed E-state index contributed by atoms with van der Waals surface area (Å²) in [5, 5.41) is 5.83.